The van der Waals surface area contributed by atoms with Crippen LogP contribution in [0.3, 0.4) is 0 Å². The Morgan fingerprint density at radius 2 is 1.65 bits per heavy atom. The Morgan fingerprint density at radius 1 is 0.941 bits per heavy atom. The Labute approximate surface area is 202 Å². The van der Waals surface area contributed by atoms with Crippen molar-refractivity contribution in [2.45, 2.75) is 4.90 Å². The summed E-state index contributed by atoms with van der Waals surface area (Å²) in [5.41, 5.74) is 0.598. The average molecular weight is 500 g/mol. The summed E-state index contributed by atoms with van der Waals surface area (Å²) < 4.78 is 42.9. The molecule has 2 heterocycles. The van der Waals surface area contributed by atoms with Crippen LogP contribution in [-0.2, 0) is 10.0 Å². The number of rotatable bonds is 6. The van der Waals surface area contributed by atoms with E-state index in [0.717, 1.165) is 17.4 Å². The van der Waals surface area contributed by atoms with E-state index in [1.807, 2.05) is 17.0 Å². The first-order chi connectivity index (χ1) is 16.5. The third-order valence-electron chi connectivity index (χ3n) is 5.89. The van der Waals surface area contributed by atoms with Gasteiger partial charge in [0.15, 0.2) is 5.82 Å². The first-order valence-electron chi connectivity index (χ1n) is 11.0. The van der Waals surface area contributed by atoms with E-state index in [4.69, 9.17) is 11.6 Å². The lowest BCUT2D eigenvalue weighted by Gasteiger charge is -2.29. The van der Waals surface area contributed by atoms with Gasteiger partial charge in [-0.05, 0) is 24.3 Å². The smallest absolute Gasteiger partial charge is 0.266 e. The monoisotopic (exact) mass is 499 g/mol. The second kappa shape index (κ2) is 9.32. The maximum Gasteiger partial charge on any atom is 0.266 e. The number of para-hydroxylation sites is 1. The number of sulfonamides is 1. The molecule has 0 aliphatic carbocycles. The molecule has 0 bridgehead atoms. The van der Waals surface area contributed by atoms with Crippen LogP contribution in [0.15, 0.2) is 65.6 Å². The molecule has 0 spiro atoms. The summed E-state index contributed by atoms with van der Waals surface area (Å²) >= 11 is 6.32. The topological polar surface area (TPSA) is 78.4 Å². The zero-order chi connectivity index (χ0) is 23.7. The zero-order valence-electron chi connectivity index (χ0n) is 18.3. The number of benzene rings is 3. The number of nitrogens with one attached hydrogen (secondary N) is 1. The SMILES string of the molecule is O=S(=O)(c1cccc2c(Cl)cccc12)N(CCF)c1nc(N2CCNCC2)nc2ccccc12. The van der Waals surface area contributed by atoms with E-state index in [9.17, 15) is 12.8 Å². The van der Waals surface area contributed by atoms with Gasteiger partial charge in [-0.25, -0.2) is 22.1 Å². The van der Waals surface area contributed by atoms with E-state index in [1.54, 1.807) is 42.5 Å². The lowest BCUT2D eigenvalue weighted by molar-refractivity contribution is 0.499. The quantitative estimate of drug-likeness (QED) is 0.432. The van der Waals surface area contributed by atoms with Gasteiger partial charge >= 0.3 is 0 Å². The van der Waals surface area contributed by atoms with Crippen LogP contribution in [0, 0.1) is 0 Å². The molecule has 0 amide bonds. The van der Waals surface area contributed by atoms with Gasteiger partial charge in [-0.3, -0.25) is 0 Å². The van der Waals surface area contributed by atoms with Crippen molar-refractivity contribution >= 4 is 55.1 Å². The van der Waals surface area contributed by atoms with E-state index >= 15 is 0 Å². The number of halogens is 2. The molecule has 10 heteroatoms. The van der Waals surface area contributed by atoms with Gasteiger partial charge < -0.3 is 10.2 Å². The molecule has 1 aliphatic heterocycles. The van der Waals surface area contributed by atoms with Crippen molar-refractivity contribution in [1.82, 2.24) is 15.3 Å². The molecule has 1 aliphatic rings. The molecule has 1 N–H and O–H groups in total. The second-order valence-electron chi connectivity index (χ2n) is 7.96. The lowest BCUT2D eigenvalue weighted by Crippen LogP contribution is -2.44. The van der Waals surface area contributed by atoms with Gasteiger partial charge in [-0.1, -0.05) is 48.0 Å². The van der Waals surface area contributed by atoms with Crippen molar-refractivity contribution in [2.75, 3.05) is 48.6 Å². The van der Waals surface area contributed by atoms with Crippen LogP contribution in [0.1, 0.15) is 0 Å². The molecule has 0 atom stereocenters. The molecule has 5 rings (SSSR count). The van der Waals surface area contributed by atoms with E-state index in [2.05, 4.69) is 15.3 Å². The van der Waals surface area contributed by atoms with Gasteiger partial charge in [0.2, 0.25) is 5.95 Å². The molecule has 7 nitrogen and oxygen atoms in total. The highest BCUT2D eigenvalue weighted by Gasteiger charge is 2.30. The van der Waals surface area contributed by atoms with Crippen molar-refractivity contribution in [3.05, 3.63) is 65.7 Å². The normalized spacial score (nSPS) is 14.6. The average Bonchev–Trinajstić information content (AvgIpc) is 2.87. The van der Waals surface area contributed by atoms with Gasteiger partial charge in [0.05, 0.1) is 17.0 Å². The first-order valence-corrected chi connectivity index (χ1v) is 12.8. The van der Waals surface area contributed by atoms with Crippen LogP contribution in [-0.4, -0.2) is 57.8 Å². The van der Waals surface area contributed by atoms with Crippen molar-refractivity contribution in [3.63, 3.8) is 0 Å². The molecule has 1 aromatic heterocycles. The highest BCUT2D eigenvalue weighted by Crippen LogP contribution is 2.34. The van der Waals surface area contributed by atoms with E-state index < -0.39 is 16.7 Å². The van der Waals surface area contributed by atoms with Crippen molar-refractivity contribution in [2.24, 2.45) is 0 Å². The number of hydrogen-bond acceptors (Lipinski definition) is 6. The third kappa shape index (κ3) is 4.04. The largest absolute Gasteiger partial charge is 0.338 e. The molecule has 0 radical (unpaired) electrons. The van der Waals surface area contributed by atoms with Crippen LogP contribution in [0.2, 0.25) is 5.02 Å². The fourth-order valence-corrected chi connectivity index (χ4v) is 6.11. The molecule has 176 valence electrons. The predicted octanol–water partition coefficient (Wildman–Crippen LogP) is 4.01. The van der Waals surface area contributed by atoms with E-state index in [-0.39, 0.29) is 17.3 Å². The van der Waals surface area contributed by atoms with E-state index in [1.165, 1.54) is 6.07 Å². The van der Waals surface area contributed by atoms with Crippen molar-refractivity contribution in [3.8, 4) is 0 Å². The number of fused-ring (bicyclic) bond motifs is 2. The Bertz CT molecular complexity index is 1460. The summed E-state index contributed by atoms with van der Waals surface area (Å²) in [6, 6.07) is 17.2. The van der Waals surface area contributed by atoms with Crippen molar-refractivity contribution < 1.29 is 12.8 Å². The molecule has 0 unspecified atom stereocenters. The highest BCUT2D eigenvalue weighted by molar-refractivity contribution is 7.93. The Hall–Kier alpha value is -3.01. The first kappa shape index (κ1) is 22.8. The molecule has 34 heavy (non-hydrogen) atoms. The zero-order valence-corrected chi connectivity index (χ0v) is 19.9. The minimum Gasteiger partial charge on any atom is -0.338 e. The number of hydrogen-bond donors (Lipinski definition) is 1. The van der Waals surface area contributed by atoms with Crippen LogP contribution < -0.4 is 14.5 Å². The molecule has 0 saturated carbocycles. The summed E-state index contributed by atoms with van der Waals surface area (Å²) in [6.07, 6.45) is 0. The number of anilines is 2. The van der Waals surface area contributed by atoms with Gasteiger partial charge in [0.25, 0.3) is 10.0 Å². The summed E-state index contributed by atoms with van der Waals surface area (Å²) in [7, 11) is -4.19. The second-order valence-corrected chi connectivity index (χ2v) is 10.2. The molecular weight excluding hydrogens is 477 g/mol. The van der Waals surface area contributed by atoms with Gasteiger partial charge in [-0.2, -0.15) is 4.98 Å². The molecule has 3 aromatic carbocycles. The molecular formula is C24H23ClFN5O2S. The maximum atomic E-state index is 14.0. The molecule has 4 aromatic rings. The van der Waals surface area contributed by atoms with Crippen LogP contribution in [0.25, 0.3) is 21.7 Å². The van der Waals surface area contributed by atoms with Crippen LogP contribution in [0.4, 0.5) is 16.2 Å². The van der Waals surface area contributed by atoms with Crippen LogP contribution >= 0.6 is 11.6 Å². The fourth-order valence-electron chi connectivity index (χ4n) is 4.25. The Morgan fingerprint density at radius 3 is 2.44 bits per heavy atom. The standard InChI is InChI=1S/C24H23ClFN5O2S/c25-20-8-3-7-18-17(20)6-4-10-22(18)34(32,33)31(14-11-26)23-19-5-1-2-9-21(19)28-24(29-23)30-15-12-27-13-16-30/h1-10,27H,11-16H2. The summed E-state index contributed by atoms with van der Waals surface area (Å²) in [4.78, 5) is 11.4. The maximum absolute atomic E-state index is 14.0. The number of alkyl halides is 1. The molecule has 1 saturated heterocycles. The number of nitrogens with zero attached hydrogens (tertiary/aromatic N) is 4. The lowest BCUT2D eigenvalue weighted by atomic mass is 10.1. The number of piperazine rings is 1. The predicted molar refractivity (Wildman–Crippen MR) is 134 cm³/mol. The summed E-state index contributed by atoms with van der Waals surface area (Å²) in [5.74, 6) is 0.589. The van der Waals surface area contributed by atoms with E-state index in [0.29, 0.717) is 45.7 Å². The van der Waals surface area contributed by atoms with Gasteiger partial charge in [0, 0.05) is 47.4 Å². The highest BCUT2D eigenvalue weighted by atomic mass is 35.5. The van der Waals surface area contributed by atoms with Crippen molar-refractivity contribution in [1.29, 1.82) is 0 Å². The van der Waals surface area contributed by atoms with Gasteiger partial charge in [-0.15, -0.1) is 0 Å². The summed E-state index contributed by atoms with van der Waals surface area (Å²) in [6.45, 7) is 1.68. The fraction of sp³-hybridized carbons (Fsp3) is 0.250. The number of aromatic nitrogens is 2. The summed E-state index contributed by atoms with van der Waals surface area (Å²) in [5, 5.41) is 5.35. The van der Waals surface area contributed by atoms with Gasteiger partial charge in [0.1, 0.15) is 6.67 Å². The van der Waals surface area contributed by atoms with Crippen LogP contribution in [0.5, 0.6) is 0 Å². The minimum absolute atomic E-state index is 0.0485. The Kier molecular flexibility index (Phi) is 6.24. The molecule has 1 fully saturated rings. The minimum atomic E-state index is -4.19. The third-order valence-corrected chi connectivity index (χ3v) is 8.07. The Balaban J connectivity index is 1.72.